The molecule has 1 aromatic heterocycles. The van der Waals surface area contributed by atoms with Crippen LogP contribution in [-0.2, 0) is 0 Å². The lowest BCUT2D eigenvalue weighted by Crippen LogP contribution is -2.36. The molecule has 2 aromatic carbocycles. The van der Waals surface area contributed by atoms with Gasteiger partial charge in [0.25, 0.3) is 11.8 Å². The van der Waals surface area contributed by atoms with E-state index in [4.69, 9.17) is 0 Å². The van der Waals surface area contributed by atoms with Crippen molar-refractivity contribution in [1.82, 2.24) is 4.90 Å². The molecule has 2 amide bonds. The minimum atomic E-state index is -0.946. The first kappa shape index (κ1) is 21.2. The molecule has 7 heteroatoms. The monoisotopic (exact) mass is 440 g/mol. The minimum Gasteiger partial charge on any atom is -0.339 e. The van der Waals surface area contributed by atoms with Crippen molar-refractivity contribution in [3.05, 3.63) is 76.9 Å². The van der Waals surface area contributed by atoms with Crippen LogP contribution >= 0.6 is 11.3 Å². The molecule has 0 unspecified atom stereocenters. The molecule has 1 aliphatic rings. The van der Waals surface area contributed by atoms with Gasteiger partial charge in [-0.05, 0) is 49.4 Å². The van der Waals surface area contributed by atoms with Crippen molar-refractivity contribution in [2.45, 2.75) is 26.2 Å². The number of thiophene rings is 1. The normalized spacial score (nSPS) is 13.8. The topological polar surface area (TPSA) is 49.4 Å². The van der Waals surface area contributed by atoms with Crippen LogP contribution in [0.5, 0.6) is 0 Å². The minimum absolute atomic E-state index is 0.134. The third-order valence-corrected chi connectivity index (χ3v) is 6.70. The van der Waals surface area contributed by atoms with Crippen molar-refractivity contribution >= 4 is 28.2 Å². The Hall–Kier alpha value is -3.06. The summed E-state index contributed by atoms with van der Waals surface area (Å²) in [6, 6.07) is 12.4. The van der Waals surface area contributed by atoms with Crippen LogP contribution in [0.3, 0.4) is 0 Å². The molecule has 2 heterocycles. The highest BCUT2D eigenvalue weighted by Gasteiger charge is 2.28. The first-order chi connectivity index (χ1) is 15.0. The molecule has 3 aromatic rings. The highest BCUT2D eigenvalue weighted by molar-refractivity contribution is 7.20. The number of likely N-dealkylation sites (tertiary alicyclic amines) is 1. The number of benzene rings is 2. The molecular weight excluding hydrogens is 418 g/mol. The Balaban J connectivity index is 1.74. The molecule has 0 aliphatic carbocycles. The van der Waals surface area contributed by atoms with E-state index < -0.39 is 17.5 Å². The quantitative estimate of drug-likeness (QED) is 0.551. The fourth-order valence-corrected chi connectivity index (χ4v) is 5.02. The molecule has 31 heavy (non-hydrogen) atoms. The van der Waals surface area contributed by atoms with Crippen molar-refractivity contribution in [1.29, 1.82) is 0 Å². The van der Waals surface area contributed by atoms with Crippen LogP contribution in [-0.4, -0.2) is 29.8 Å². The Morgan fingerprint density at radius 3 is 2.39 bits per heavy atom. The summed E-state index contributed by atoms with van der Waals surface area (Å²) in [6.07, 6.45) is 2.99. The van der Waals surface area contributed by atoms with E-state index in [0.29, 0.717) is 29.7 Å². The smallest absolute Gasteiger partial charge is 0.259 e. The predicted octanol–water partition coefficient (Wildman–Crippen LogP) is 5.88. The van der Waals surface area contributed by atoms with E-state index in [2.05, 4.69) is 5.32 Å². The van der Waals surface area contributed by atoms with Gasteiger partial charge in [0.15, 0.2) is 0 Å². The Morgan fingerprint density at radius 2 is 1.71 bits per heavy atom. The summed E-state index contributed by atoms with van der Waals surface area (Å²) in [5.41, 5.74) is 1.87. The number of carbonyl (C=O) groups excluding carboxylic acids is 2. The first-order valence-electron chi connectivity index (χ1n) is 10.2. The third kappa shape index (κ3) is 4.37. The number of piperidine rings is 1. The first-order valence-corrected chi connectivity index (χ1v) is 11.0. The Labute approximate surface area is 183 Å². The highest BCUT2D eigenvalue weighted by Crippen LogP contribution is 2.41. The van der Waals surface area contributed by atoms with Gasteiger partial charge in [-0.1, -0.05) is 30.3 Å². The number of hydrogen-bond acceptors (Lipinski definition) is 3. The van der Waals surface area contributed by atoms with Crippen molar-refractivity contribution < 1.29 is 18.4 Å². The second-order valence-corrected chi connectivity index (χ2v) is 8.58. The maximum atomic E-state index is 14.1. The SMILES string of the molecule is Cc1c(-c2ccccc2)sc(NC(=O)c2ccc(F)cc2F)c1C(=O)N1CCCCC1. The van der Waals surface area contributed by atoms with Crippen LogP contribution in [0.2, 0.25) is 0 Å². The number of nitrogens with zero attached hydrogens (tertiary/aromatic N) is 1. The van der Waals surface area contributed by atoms with Gasteiger partial charge < -0.3 is 10.2 Å². The molecule has 4 rings (SSSR count). The van der Waals surface area contributed by atoms with Crippen molar-refractivity contribution in [2.75, 3.05) is 18.4 Å². The Bertz CT molecular complexity index is 1120. The maximum absolute atomic E-state index is 14.1. The molecular formula is C24H22F2N2O2S. The van der Waals surface area contributed by atoms with Crippen LogP contribution < -0.4 is 5.32 Å². The number of amides is 2. The standard InChI is InChI=1S/C24H22F2N2O2S/c1-15-20(24(30)28-12-6-3-7-13-28)23(31-21(15)16-8-4-2-5-9-16)27-22(29)18-11-10-17(25)14-19(18)26/h2,4-5,8-11,14H,3,6-7,12-13H2,1H3,(H,27,29). The molecule has 0 saturated carbocycles. The van der Waals surface area contributed by atoms with Crippen LogP contribution in [0.25, 0.3) is 10.4 Å². The van der Waals surface area contributed by atoms with E-state index in [1.165, 1.54) is 11.3 Å². The maximum Gasteiger partial charge on any atom is 0.259 e. The van der Waals surface area contributed by atoms with Crippen molar-refractivity contribution in [3.63, 3.8) is 0 Å². The number of carbonyl (C=O) groups is 2. The number of halogens is 2. The largest absolute Gasteiger partial charge is 0.339 e. The van der Waals surface area contributed by atoms with E-state index in [1.807, 2.05) is 42.2 Å². The van der Waals surface area contributed by atoms with Gasteiger partial charge in [-0.15, -0.1) is 11.3 Å². The summed E-state index contributed by atoms with van der Waals surface area (Å²) in [4.78, 5) is 28.8. The van der Waals surface area contributed by atoms with Gasteiger partial charge in [0.05, 0.1) is 11.1 Å². The average molecular weight is 441 g/mol. The summed E-state index contributed by atoms with van der Waals surface area (Å²) in [7, 11) is 0. The molecule has 1 saturated heterocycles. The van der Waals surface area contributed by atoms with Gasteiger partial charge in [0.1, 0.15) is 16.6 Å². The number of rotatable bonds is 4. The summed E-state index contributed by atoms with van der Waals surface area (Å²) in [5.74, 6) is -2.55. The predicted molar refractivity (Wildman–Crippen MR) is 119 cm³/mol. The molecule has 160 valence electrons. The van der Waals surface area contributed by atoms with Gasteiger partial charge in [-0.2, -0.15) is 0 Å². The highest BCUT2D eigenvalue weighted by atomic mass is 32.1. The zero-order valence-corrected chi connectivity index (χ0v) is 17.9. The second kappa shape index (κ2) is 8.98. The third-order valence-electron chi connectivity index (χ3n) is 5.44. The number of anilines is 1. The Kier molecular flexibility index (Phi) is 6.13. The molecule has 0 bridgehead atoms. The van der Waals surface area contributed by atoms with E-state index in [1.54, 1.807) is 0 Å². The second-order valence-electron chi connectivity index (χ2n) is 7.56. The Morgan fingerprint density at radius 1 is 1.00 bits per heavy atom. The van der Waals surface area contributed by atoms with E-state index in [0.717, 1.165) is 47.4 Å². The molecule has 0 atom stereocenters. The number of hydrogen-bond donors (Lipinski definition) is 1. The fraction of sp³-hybridized carbons (Fsp3) is 0.250. The van der Waals surface area contributed by atoms with E-state index >= 15 is 0 Å². The molecule has 0 spiro atoms. The molecule has 4 nitrogen and oxygen atoms in total. The van der Waals surface area contributed by atoms with Gasteiger partial charge in [0.2, 0.25) is 0 Å². The lowest BCUT2D eigenvalue weighted by atomic mass is 10.0. The molecule has 0 radical (unpaired) electrons. The van der Waals surface area contributed by atoms with Gasteiger partial charge in [0, 0.05) is 24.0 Å². The van der Waals surface area contributed by atoms with Crippen LogP contribution in [0.15, 0.2) is 48.5 Å². The summed E-state index contributed by atoms with van der Waals surface area (Å²) >= 11 is 1.29. The molecule has 1 aliphatic heterocycles. The number of nitrogens with one attached hydrogen (secondary N) is 1. The van der Waals surface area contributed by atoms with Crippen LogP contribution in [0, 0.1) is 18.6 Å². The zero-order valence-electron chi connectivity index (χ0n) is 17.1. The fourth-order valence-electron chi connectivity index (χ4n) is 3.82. The van der Waals surface area contributed by atoms with Gasteiger partial charge in [-0.3, -0.25) is 9.59 Å². The summed E-state index contributed by atoms with van der Waals surface area (Å²) < 4.78 is 27.4. The van der Waals surface area contributed by atoms with Gasteiger partial charge >= 0.3 is 0 Å². The lowest BCUT2D eigenvalue weighted by Gasteiger charge is -2.27. The van der Waals surface area contributed by atoms with Crippen molar-refractivity contribution in [2.24, 2.45) is 0 Å². The van der Waals surface area contributed by atoms with Crippen LogP contribution in [0.1, 0.15) is 45.5 Å². The lowest BCUT2D eigenvalue weighted by molar-refractivity contribution is 0.0725. The van der Waals surface area contributed by atoms with E-state index in [-0.39, 0.29) is 11.5 Å². The molecule has 1 fully saturated rings. The summed E-state index contributed by atoms with van der Waals surface area (Å²) in [5, 5.41) is 3.08. The van der Waals surface area contributed by atoms with Crippen LogP contribution in [0.4, 0.5) is 13.8 Å². The summed E-state index contributed by atoms with van der Waals surface area (Å²) in [6.45, 7) is 3.22. The van der Waals surface area contributed by atoms with Gasteiger partial charge in [-0.25, -0.2) is 8.78 Å². The molecule has 1 N–H and O–H groups in total. The zero-order chi connectivity index (χ0) is 22.0. The average Bonchev–Trinajstić information content (AvgIpc) is 3.10. The van der Waals surface area contributed by atoms with Crippen molar-refractivity contribution in [3.8, 4) is 10.4 Å². The van der Waals surface area contributed by atoms with E-state index in [9.17, 15) is 18.4 Å².